The van der Waals surface area contributed by atoms with Gasteiger partial charge < -0.3 is 4.42 Å². The maximum Gasteiger partial charge on any atom is 0.264 e. The molecule has 0 aliphatic rings. The lowest BCUT2D eigenvalue weighted by Crippen LogP contribution is -2.28. The number of amides is 1. The molecule has 0 fully saturated rings. The van der Waals surface area contributed by atoms with Crippen molar-refractivity contribution in [3.63, 3.8) is 0 Å². The maximum atomic E-state index is 12.3. The van der Waals surface area contributed by atoms with Gasteiger partial charge in [0.1, 0.15) is 11.5 Å². The zero-order valence-corrected chi connectivity index (χ0v) is 19.3. The molecule has 0 spiro atoms. The van der Waals surface area contributed by atoms with E-state index in [9.17, 15) is 13.2 Å². The van der Waals surface area contributed by atoms with Crippen molar-refractivity contribution < 1.29 is 17.6 Å². The van der Waals surface area contributed by atoms with Crippen LogP contribution >= 0.6 is 22.9 Å². The number of sulfonamides is 1. The molecule has 0 radical (unpaired) electrons. The normalized spacial score (nSPS) is 12.2. The van der Waals surface area contributed by atoms with Gasteiger partial charge in [-0.1, -0.05) is 35.1 Å². The van der Waals surface area contributed by atoms with Crippen molar-refractivity contribution in [3.8, 4) is 11.3 Å². The fourth-order valence-electron chi connectivity index (χ4n) is 2.89. The number of carbonyl (C=O) groups excluding carboxylic acids is 1. The largest absolute Gasteiger partial charge is 0.455 e. The summed E-state index contributed by atoms with van der Waals surface area (Å²) in [7, 11) is -4.01. The van der Waals surface area contributed by atoms with Crippen molar-refractivity contribution in [3.05, 3.63) is 65.4 Å². The van der Waals surface area contributed by atoms with Gasteiger partial charge in [0.05, 0.1) is 20.1 Å². The Kier molecular flexibility index (Phi) is 6.00. The Morgan fingerprint density at radius 2 is 1.91 bits per heavy atom. The zero-order valence-electron chi connectivity index (χ0n) is 16.9. The summed E-state index contributed by atoms with van der Waals surface area (Å²) < 4.78 is 33.4. The predicted molar refractivity (Wildman–Crippen MR) is 126 cm³/mol. The summed E-state index contributed by atoms with van der Waals surface area (Å²) in [5, 5.41) is 5.27. The minimum atomic E-state index is -4.01. The number of carbonyl (C=O) groups is 1. The van der Waals surface area contributed by atoms with Gasteiger partial charge in [0.2, 0.25) is 11.0 Å². The molecule has 8 nitrogen and oxygen atoms in total. The molecular weight excluding hydrogens is 472 g/mol. The average Bonchev–Trinajstić information content (AvgIpc) is 3.38. The van der Waals surface area contributed by atoms with E-state index in [4.69, 9.17) is 16.0 Å². The van der Waals surface area contributed by atoms with Crippen LogP contribution in [0.15, 0.2) is 69.0 Å². The Bertz CT molecular complexity index is 1420. The second-order valence-corrected chi connectivity index (χ2v) is 9.88. The Morgan fingerprint density at radius 1 is 1.12 bits per heavy atom. The highest BCUT2D eigenvalue weighted by Gasteiger charge is 2.19. The van der Waals surface area contributed by atoms with E-state index in [1.807, 2.05) is 29.0 Å². The maximum absolute atomic E-state index is 12.3. The monoisotopic (exact) mass is 488 g/mol. The number of rotatable bonds is 6. The number of nitrogens with zero attached hydrogens (tertiary/aromatic N) is 2. The van der Waals surface area contributed by atoms with Gasteiger partial charge >= 0.3 is 0 Å². The van der Waals surface area contributed by atoms with Crippen LogP contribution in [0.3, 0.4) is 0 Å². The molecule has 2 N–H and O–H groups in total. The SMILES string of the molecule is CC(=O)NS(=O)(=O)c1ccc(Cl)c(-c2ccc(/C(C)=N/Nc3nc4ccccc4s3)o2)c1. The lowest BCUT2D eigenvalue weighted by Gasteiger charge is -2.07. The van der Waals surface area contributed by atoms with Crippen molar-refractivity contribution in [2.24, 2.45) is 5.10 Å². The summed E-state index contributed by atoms with van der Waals surface area (Å²) in [6, 6.07) is 15.3. The third kappa shape index (κ3) is 4.67. The summed E-state index contributed by atoms with van der Waals surface area (Å²) in [6.45, 7) is 2.89. The Labute approximate surface area is 193 Å². The number of anilines is 1. The molecule has 1 amide bonds. The number of halogens is 1. The smallest absolute Gasteiger partial charge is 0.264 e. The number of thiazole rings is 1. The van der Waals surface area contributed by atoms with Crippen LogP contribution in [0.1, 0.15) is 19.6 Å². The molecular formula is C21H17ClN4O4S2. The first-order chi connectivity index (χ1) is 15.2. The van der Waals surface area contributed by atoms with Crippen molar-refractivity contribution >= 4 is 59.9 Å². The van der Waals surface area contributed by atoms with Crippen LogP contribution in [-0.2, 0) is 14.8 Å². The van der Waals surface area contributed by atoms with Gasteiger partial charge in [0, 0.05) is 12.5 Å². The number of para-hydroxylation sites is 1. The number of furan rings is 1. The molecule has 0 atom stereocenters. The Balaban J connectivity index is 1.58. The number of hydrogen-bond donors (Lipinski definition) is 2. The van der Waals surface area contributed by atoms with E-state index in [-0.39, 0.29) is 4.90 Å². The predicted octanol–water partition coefficient (Wildman–Crippen LogP) is 4.87. The fraction of sp³-hybridized carbons (Fsp3) is 0.0952. The van der Waals surface area contributed by atoms with Gasteiger partial charge in [-0.2, -0.15) is 5.10 Å². The molecule has 0 saturated heterocycles. The highest BCUT2D eigenvalue weighted by atomic mass is 35.5. The van der Waals surface area contributed by atoms with Crippen molar-refractivity contribution in [1.82, 2.24) is 9.71 Å². The molecule has 32 heavy (non-hydrogen) atoms. The molecule has 0 unspecified atom stereocenters. The lowest BCUT2D eigenvalue weighted by molar-refractivity contribution is -0.117. The second kappa shape index (κ2) is 8.73. The molecule has 2 aromatic heterocycles. The van der Waals surface area contributed by atoms with Gasteiger partial charge in [0.25, 0.3) is 10.0 Å². The minimum Gasteiger partial charge on any atom is -0.455 e. The van der Waals surface area contributed by atoms with Crippen molar-refractivity contribution in [2.45, 2.75) is 18.7 Å². The van der Waals surface area contributed by atoms with Crippen LogP contribution in [0.2, 0.25) is 5.02 Å². The third-order valence-corrected chi connectivity index (χ3v) is 7.07. The van der Waals surface area contributed by atoms with Gasteiger partial charge in [0.15, 0.2) is 5.76 Å². The first-order valence-corrected chi connectivity index (χ1v) is 12.0. The first-order valence-electron chi connectivity index (χ1n) is 9.32. The zero-order chi connectivity index (χ0) is 22.9. The van der Waals surface area contributed by atoms with Crippen LogP contribution < -0.4 is 10.1 Å². The first kappa shape index (κ1) is 22.0. The number of fused-ring (bicyclic) bond motifs is 1. The molecule has 0 aliphatic carbocycles. The van der Waals surface area contributed by atoms with Crippen LogP contribution in [0.4, 0.5) is 5.13 Å². The minimum absolute atomic E-state index is 0.104. The van der Waals surface area contributed by atoms with Crippen LogP contribution in [0.25, 0.3) is 21.5 Å². The number of hydrogen-bond acceptors (Lipinski definition) is 8. The second-order valence-electron chi connectivity index (χ2n) is 6.76. The number of aromatic nitrogens is 1. The van der Waals surface area contributed by atoms with Crippen molar-refractivity contribution in [1.29, 1.82) is 0 Å². The van der Waals surface area contributed by atoms with E-state index in [1.54, 1.807) is 19.1 Å². The molecule has 0 aliphatic heterocycles. The molecule has 0 bridgehead atoms. The fourth-order valence-corrected chi connectivity index (χ4v) is 4.93. The summed E-state index contributed by atoms with van der Waals surface area (Å²) in [5.41, 5.74) is 4.75. The summed E-state index contributed by atoms with van der Waals surface area (Å²) in [4.78, 5) is 15.5. The Morgan fingerprint density at radius 3 is 2.66 bits per heavy atom. The topological polar surface area (TPSA) is 114 Å². The van der Waals surface area contributed by atoms with Gasteiger partial charge in [-0.25, -0.2) is 18.1 Å². The van der Waals surface area contributed by atoms with E-state index >= 15 is 0 Å². The summed E-state index contributed by atoms with van der Waals surface area (Å²) in [5.74, 6) is 0.147. The molecule has 0 saturated carbocycles. The van der Waals surface area contributed by atoms with E-state index < -0.39 is 15.9 Å². The van der Waals surface area contributed by atoms with E-state index in [1.165, 1.54) is 29.5 Å². The molecule has 11 heteroatoms. The van der Waals surface area contributed by atoms with Crippen LogP contribution in [0, 0.1) is 0 Å². The van der Waals surface area contributed by atoms with Gasteiger partial charge in [-0.15, -0.1) is 0 Å². The average molecular weight is 489 g/mol. The molecule has 2 heterocycles. The van der Waals surface area contributed by atoms with E-state index in [0.717, 1.165) is 17.1 Å². The van der Waals surface area contributed by atoms with Gasteiger partial charge in [-0.05, 0) is 49.4 Å². The van der Waals surface area contributed by atoms with Crippen molar-refractivity contribution in [2.75, 3.05) is 5.43 Å². The lowest BCUT2D eigenvalue weighted by atomic mass is 10.2. The van der Waals surface area contributed by atoms with Crippen LogP contribution in [0.5, 0.6) is 0 Å². The molecule has 4 rings (SSSR count). The molecule has 2 aromatic carbocycles. The quantitative estimate of drug-likeness (QED) is 0.295. The third-order valence-electron chi connectivity index (χ3n) is 4.37. The Hall–Kier alpha value is -3.21. The number of hydrazone groups is 1. The highest BCUT2D eigenvalue weighted by molar-refractivity contribution is 7.90. The number of benzene rings is 2. The van der Waals surface area contributed by atoms with Gasteiger partial charge in [-0.3, -0.25) is 10.2 Å². The number of nitrogens with one attached hydrogen (secondary N) is 2. The van der Waals surface area contributed by atoms with E-state index in [2.05, 4.69) is 15.5 Å². The molecule has 4 aromatic rings. The van der Waals surface area contributed by atoms with E-state index in [0.29, 0.717) is 32.9 Å². The van der Waals surface area contributed by atoms with Crippen LogP contribution in [-0.4, -0.2) is 25.0 Å². The standard InChI is InChI=1S/C21H17ClN4O4S2/c1-12(24-25-21-23-17-5-3-4-6-20(17)31-21)18-9-10-19(30-18)15-11-14(7-8-16(15)22)32(28,29)26-13(2)27/h3-11H,1-2H3,(H,23,25)(H,26,27)/b24-12+. The summed E-state index contributed by atoms with van der Waals surface area (Å²) >= 11 is 7.75. The summed E-state index contributed by atoms with van der Waals surface area (Å²) in [6.07, 6.45) is 0. The highest BCUT2D eigenvalue weighted by Crippen LogP contribution is 2.32. The molecule has 164 valence electrons.